The van der Waals surface area contributed by atoms with Gasteiger partial charge < -0.3 is 9.17 Å². The number of carbonyl (C=O) groups is 1. The lowest BCUT2D eigenvalue weighted by Gasteiger charge is -1.97. The normalized spacial score (nSPS) is 11.6. The summed E-state index contributed by atoms with van der Waals surface area (Å²) >= 11 is 0. The van der Waals surface area contributed by atoms with Gasteiger partial charge in [-0.15, -0.1) is 0 Å². The first-order chi connectivity index (χ1) is 7.47. The first-order valence-electron chi connectivity index (χ1n) is 4.25. The van der Waals surface area contributed by atoms with E-state index in [1.807, 2.05) is 0 Å². The van der Waals surface area contributed by atoms with Gasteiger partial charge in [0.1, 0.15) is 0 Å². The van der Waals surface area contributed by atoms with Gasteiger partial charge in [0.05, 0.1) is 5.56 Å². The second kappa shape index (κ2) is 3.62. The van der Waals surface area contributed by atoms with E-state index in [-0.39, 0.29) is 5.56 Å². The first-order valence-corrected chi connectivity index (χ1v) is 5.61. The topological polar surface area (TPSA) is 96.5 Å². The van der Waals surface area contributed by atoms with E-state index in [1.54, 1.807) is 24.3 Å². The fraction of sp³-hybridized carbons (Fsp3) is 0. The second-order valence-electron chi connectivity index (χ2n) is 3.05. The highest BCUT2D eigenvalue weighted by Crippen LogP contribution is 2.18. The summed E-state index contributed by atoms with van der Waals surface area (Å²) in [6, 6.07) is 6.81. The van der Waals surface area contributed by atoms with E-state index in [4.69, 9.17) is 4.55 Å². The van der Waals surface area contributed by atoms with Crippen molar-refractivity contribution in [2.24, 2.45) is 0 Å². The smallest absolute Gasteiger partial charge is 0.360 e. The van der Waals surface area contributed by atoms with E-state index in [9.17, 15) is 13.2 Å². The number of H-pyrrole nitrogens is 1. The Labute approximate surface area is 90.8 Å². The van der Waals surface area contributed by atoms with Gasteiger partial charge in [-0.3, -0.25) is 4.55 Å². The highest BCUT2D eigenvalue weighted by molar-refractivity contribution is 7.81. The lowest BCUT2D eigenvalue weighted by molar-refractivity contribution is 0.0729. The fourth-order valence-electron chi connectivity index (χ4n) is 1.38. The number of carbonyl (C=O) groups excluding carboxylic acids is 1. The SMILES string of the molecule is O=C(OS(=O)(=O)O)c1c[nH]c2ccccc12. The van der Waals surface area contributed by atoms with E-state index in [0.29, 0.717) is 10.9 Å². The van der Waals surface area contributed by atoms with Gasteiger partial charge in [0, 0.05) is 17.1 Å². The molecule has 2 aromatic rings. The molecule has 0 unspecified atom stereocenters. The van der Waals surface area contributed by atoms with Gasteiger partial charge >= 0.3 is 16.4 Å². The van der Waals surface area contributed by atoms with Gasteiger partial charge in [-0.1, -0.05) is 18.2 Å². The van der Waals surface area contributed by atoms with Crippen molar-refractivity contribution in [3.8, 4) is 0 Å². The highest BCUT2D eigenvalue weighted by Gasteiger charge is 2.18. The molecule has 84 valence electrons. The molecular weight excluding hydrogens is 234 g/mol. The van der Waals surface area contributed by atoms with Crippen LogP contribution in [0.25, 0.3) is 10.9 Å². The molecule has 0 amide bonds. The van der Waals surface area contributed by atoms with Crippen LogP contribution in [0.15, 0.2) is 30.5 Å². The van der Waals surface area contributed by atoms with Crippen molar-refractivity contribution < 1.29 is 21.9 Å². The van der Waals surface area contributed by atoms with Gasteiger partial charge in [0.25, 0.3) is 0 Å². The molecule has 2 N–H and O–H groups in total. The molecule has 2 rings (SSSR count). The van der Waals surface area contributed by atoms with Crippen LogP contribution in [0.3, 0.4) is 0 Å². The van der Waals surface area contributed by atoms with Crippen LogP contribution in [0.4, 0.5) is 0 Å². The molecule has 0 spiro atoms. The van der Waals surface area contributed by atoms with Crippen molar-refractivity contribution in [1.29, 1.82) is 0 Å². The maximum atomic E-state index is 11.4. The Morgan fingerprint density at radius 2 is 2.00 bits per heavy atom. The molecule has 1 aromatic carbocycles. The largest absolute Gasteiger partial charge is 0.449 e. The molecule has 1 heterocycles. The van der Waals surface area contributed by atoms with Crippen LogP contribution in [0.5, 0.6) is 0 Å². The highest BCUT2D eigenvalue weighted by atomic mass is 32.3. The van der Waals surface area contributed by atoms with Crippen molar-refractivity contribution >= 4 is 27.3 Å². The van der Waals surface area contributed by atoms with Crippen LogP contribution in [0.2, 0.25) is 0 Å². The number of nitrogens with one attached hydrogen (secondary N) is 1. The molecule has 6 nitrogen and oxygen atoms in total. The summed E-state index contributed by atoms with van der Waals surface area (Å²) in [6.07, 6.45) is 1.32. The standard InChI is InChI=1S/C9H7NO5S/c11-9(15-16(12,13)14)7-5-10-8-4-2-1-3-6(7)8/h1-5,10H,(H,12,13,14). The summed E-state index contributed by atoms with van der Waals surface area (Å²) in [4.78, 5) is 14.1. The van der Waals surface area contributed by atoms with Crippen LogP contribution in [-0.2, 0) is 14.6 Å². The van der Waals surface area contributed by atoms with E-state index in [1.165, 1.54) is 6.20 Å². The van der Waals surface area contributed by atoms with Gasteiger partial charge in [0.2, 0.25) is 0 Å². The van der Waals surface area contributed by atoms with Crippen molar-refractivity contribution in [3.05, 3.63) is 36.0 Å². The first kappa shape index (κ1) is 10.7. The van der Waals surface area contributed by atoms with Crippen LogP contribution < -0.4 is 0 Å². The number of hydrogen-bond donors (Lipinski definition) is 2. The van der Waals surface area contributed by atoms with Gasteiger partial charge in [-0.05, 0) is 6.07 Å². The number of aromatic nitrogens is 1. The minimum atomic E-state index is -4.78. The van der Waals surface area contributed by atoms with E-state index >= 15 is 0 Å². The molecule has 1 aromatic heterocycles. The maximum absolute atomic E-state index is 11.4. The molecule has 0 radical (unpaired) electrons. The van der Waals surface area contributed by atoms with Crippen LogP contribution in [0.1, 0.15) is 10.4 Å². The van der Waals surface area contributed by atoms with Gasteiger partial charge in [-0.2, -0.15) is 8.42 Å². The zero-order chi connectivity index (χ0) is 11.8. The number of fused-ring (bicyclic) bond motifs is 1. The summed E-state index contributed by atoms with van der Waals surface area (Å²) in [6.45, 7) is 0. The Morgan fingerprint density at radius 1 is 1.31 bits per heavy atom. The second-order valence-corrected chi connectivity index (χ2v) is 4.07. The summed E-state index contributed by atoms with van der Waals surface area (Å²) in [5, 5.41) is 0.524. The molecule has 0 saturated heterocycles. The summed E-state index contributed by atoms with van der Waals surface area (Å²) in [5.74, 6) is -1.13. The Kier molecular flexibility index (Phi) is 2.41. The van der Waals surface area contributed by atoms with E-state index in [0.717, 1.165) is 0 Å². The average Bonchev–Trinajstić information content (AvgIpc) is 2.58. The van der Waals surface area contributed by atoms with Crippen molar-refractivity contribution in [3.63, 3.8) is 0 Å². The zero-order valence-corrected chi connectivity index (χ0v) is 8.69. The van der Waals surface area contributed by atoms with E-state index < -0.39 is 16.4 Å². The molecule has 0 aliphatic carbocycles. The predicted molar refractivity (Wildman–Crippen MR) is 55.3 cm³/mol. The molecule has 0 saturated carbocycles. The lowest BCUT2D eigenvalue weighted by atomic mass is 10.2. The molecule has 0 atom stereocenters. The molecule has 0 aliphatic rings. The third kappa shape index (κ3) is 2.05. The number of rotatable bonds is 2. The monoisotopic (exact) mass is 241 g/mol. The van der Waals surface area contributed by atoms with E-state index in [2.05, 4.69) is 9.17 Å². The average molecular weight is 241 g/mol. The third-order valence-electron chi connectivity index (χ3n) is 1.99. The molecule has 7 heteroatoms. The van der Waals surface area contributed by atoms with Crippen LogP contribution >= 0.6 is 0 Å². The number of hydrogen-bond acceptors (Lipinski definition) is 4. The molecule has 0 aliphatic heterocycles. The molecule has 0 bridgehead atoms. The van der Waals surface area contributed by atoms with Gasteiger partial charge in [0.15, 0.2) is 0 Å². The van der Waals surface area contributed by atoms with Crippen molar-refractivity contribution in [1.82, 2.24) is 4.98 Å². The Balaban J connectivity index is 2.45. The predicted octanol–water partition coefficient (Wildman–Crippen LogP) is 1.13. The van der Waals surface area contributed by atoms with Crippen molar-refractivity contribution in [2.75, 3.05) is 0 Å². The molecular formula is C9H7NO5S. The number of aromatic amines is 1. The van der Waals surface area contributed by atoms with Crippen LogP contribution in [0, 0.1) is 0 Å². The van der Waals surface area contributed by atoms with Crippen molar-refractivity contribution in [2.45, 2.75) is 0 Å². The van der Waals surface area contributed by atoms with Crippen LogP contribution in [-0.4, -0.2) is 23.9 Å². The number of para-hydroxylation sites is 1. The quantitative estimate of drug-likeness (QED) is 0.768. The third-order valence-corrected chi connectivity index (χ3v) is 2.35. The molecule has 16 heavy (non-hydrogen) atoms. The zero-order valence-electron chi connectivity index (χ0n) is 7.88. The fourth-order valence-corrected chi connectivity index (χ4v) is 1.66. The summed E-state index contributed by atoms with van der Waals surface area (Å²) in [7, 11) is -4.78. The Hall–Kier alpha value is -1.86. The minimum Gasteiger partial charge on any atom is -0.360 e. The summed E-state index contributed by atoms with van der Waals surface area (Å²) in [5.41, 5.74) is 0.720. The maximum Gasteiger partial charge on any atom is 0.449 e. The lowest BCUT2D eigenvalue weighted by Crippen LogP contribution is -2.11. The van der Waals surface area contributed by atoms with Gasteiger partial charge in [-0.25, -0.2) is 4.79 Å². The number of benzene rings is 1. The minimum absolute atomic E-state index is 0.0493. The summed E-state index contributed by atoms with van der Waals surface area (Å²) < 4.78 is 33.0. The Morgan fingerprint density at radius 3 is 2.69 bits per heavy atom. The Bertz CT molecular complexity index is 643. The molecule has 0 fully saturated rings.